The van der Waals surface area contributed by atoms with Gasteiger partial charge >= 0.3 is 0 Å². The number of rotatable bonds is 5. The quantitative estimate of drug-likeness (QED) is 0.402. The average Bonchev–Trinajstić information content (AvgIpc) is 2.85. The van der Waals surface area contributed by atoms with E-state index in [-0.39, 0.29) is 12.1 Å². The summed E-state index contributed by atoms with van der Waals surface area (Å²) in [5.74, 6) is 0.802. The molecule has 5 heteroatoms. The van der Waals surface area contributed by atoms with E-state index in [1.54, 1.807) is 7.11 Å². The van der Waals surface area contributed by atoms with Crippen molar-refractivity contribution in [3.05, 3.63) is 114 Å². The molecule has 1 atom stereocenters. The fraction of sp³-hybridized carbons (Fsp3) is 0.0741. The number of hydrogen-bond donors (Lipinski definition) is 2. The molecule has 0 fully saturated rings. The first-order valence-corrected chi connectivity index (χ1v) is 10.5. The van der Waals surface area contributed by atoms with Crippen LogP contribution in [0.4, 0.5) is 22.7 Å². The van der Waals surface area contributed by atoms with Gasteiger partial charge in [0.2, 0.25) is 0 Å². The standard InChI is InChI=1S/C27H23N3O2/c1-32-23-17-15-21(16-18-23)28-20-13-11-19(12-14-20)26-29-25-10-6-5-9-24(25)27(31)30(26)22-7-3-2-4-8-22/h2-18,26,28-29H,1H3. The Labute approximate surface area is 187 Å². The lowest BCUT2D eigenvalue weighted by molar-refractivity contribution is 0.0975. The Hall–Kier alpha value is -4.25. The molecule has 1 unspecified atom stereocenters. The van der Waals surface area contributed by atoms with Gasteiger partial charge < -0.3 is 15.4 Å². The van der Waals surface area contributed by atoms with Crippen molar-refractivity contribution >= 4 is 28.7 Å². The van der Waals surface area contributed by atoms with Crippen molar-refractivity contribution in [1.82, 2.24) is 0 Å². The summed E-state index contributed by atoms with van der Waals surface area (Å²) >= 11 is 0. The molecule has 1 aliphatic heterocycles. The van der Waals surface area contributed by atoms with E-state index in [1.807, 2.05) is 108 Å². The van der Waals surface area contributed by atoms with E-state index in [1.165, 1.54) is 0 Å². The third-order valence-corrected chi connectivity index (χ3v) is 5.57. The molecule has 0 spiro atoms. The van der Waals surface area contributed by atoms with Crippen molar-refractivity contribution < 1.29 is 9.53 Å². The van der Waals surface area contributed by atoms with Gasteiger partial charge in [-0.25, -0.2) is 0 Å². The van der Waals surface area contributed by atoms with Crippen molar-refractivity contribution in [3.8, 4) is 5.75 Å². The number of ether oxygens (including phenoxy) is 1. The summed E-state index contributed by atoms with van der Waals surface area (Å²) in [7, 11) is 1.66. The van der Waals surface area contributed by atoms with Crippen molar-refractivity contribution in [2.75, 3.05) is 22.6 Å². The summed E-state index contributed by atoms with van der Waals surface area (Å²) in [5.41, 5.74) is 5.31. The maximum absolute atomic E-state index is 13.4. The number of amides is 1. The molecule has 1 aliphatic rings. The second kappa shape index (κ2) is 8.47. The second-order valence-corrected chi connectivity index (χ2v) is 7.58. The molecule has 0 aliphatic carbocycles. The Balaban J connectivity index is 1.45. The maximum Gasteiger partial charge on any atom is 0.262 e. The van der Waals surface area contributed by atoms with Crippen molar-refractivity contribution in [1.29, 1.82) is 0 Å². The fourth-order valence-corrected chi connectivity index (χ4v) is 3.93. The topological polar surface area (TPSA) is 53.6 Å². The molecule has 0 radical (unpaired) electrons. The van der Waals surface area contributed by atoms with Crippen molar-refractivity contribution in [3.63, 3.8) is 0 Å². The van der Waals surface area contributed by atoms with Gasteiger partial charge in [-0.3, -0.25) is 9.69 Å². The first kappa shape index (κ1) is 19.7. The summed E-state index contributed by atoms with van der Waals surface area (Å²) in [4.78, 5) is 15.2. The molecule has 1 heterocycles. The summed E-state index contributed by atoms with van der Waals surface area (Å²) in [5, 5.41) is 6.94. The van der Waals surface area contributed by atoms with Gasteiger partial charge in [-0.05, 0) is 66.2 Å². The minimum Gasteiger partial charge on any atom is -0.497 e. The summed E-state index contributed by atoms with van der Waals surface area (Å²) in [6, 6.07) is 33.3. The van der Waals surface area contributed by atoms with Gasteiger partial charge in [0.25, 0.3) is 5.91 Å². The zero-order chi connectivity index (χ0) is 21.9. The van der Waals surface area contributed by atoms with E-state index < -0.39 is 0 Å². The van der Waals surface area contributed by atoms with Crippen molar-refractivity contribution in [2.45, 2.75) is 6.17 Å². The van der Waals surface area contributed by atoms with Gasteiger partial charge in [0, 0.05) is 22.7 Å². The van der Waals surface area contributed by atoms with E-state index in [0.29, 0.717) is 5.56 Å². The molecule has 2 N–H and O–H groups in total. The molecular weight excluding hydrogens is 398 g/mol. The van der Waals surface area contributed by atoms with Crippen LogP contribution in [0.5, 0.6) is 5.75 Å². The summed E-state index contributed by atoms with van der Waals surface area (Å²) in [6.07, 6.45) is -0.310. The molecule has 0 saturated carbocycles. The van der Waals surface area contributed by atoms with Crippen LogP contribution in [0.3, 0.4) is 0 Å². The Bertz CT molecular complexity index is 1220. The van der Waals surface area contributed by atoms with Crippen LogP contribution in [0.15, 0.2) is 103 Å². The highest BCUT2D eigenvalue weighted by molar-refractivity contribution is 6.12. The highest BCUT2D eigenvalue weighted by atomic mass is 16.5. The first-order valence-electron chi connectivity index (χ1n) is 10.5. The van der Waals surface area contributed by atoms with Crippen LogP contribution in [-0.4, -0.2) is 13.0 Å². The van der Waals surface area contributed by atoms with E-state index in [0.717, 1.165) is 34.1 Å². The van der Waals surface area contributed by atoms with Crippen LogP contribution in [0, 0.1) is 0 Å². The molecule has 32 heavy (non-hydrogen) atoms. The number of para-hydroxylation sites is 2. The molecule has 0 saturated heterocycles. The molecule has 5 nitrogen and oxygen atoms in total. The van der Waals surface area contributed by atoms with Gasteiger partial charge in [0.15, 0.2) is 0 Å². The molecule has 4 aromatic rings. The van der Waals surface area contributed by atoms with Gasteiger partial charge in [-0.1, -0.05) is 42.5 Å². The lowest BCUT2D eigenvalue weighted by Crippen LogP contribution is -2.43. The number of anilines is 4. The number of nitrogens with one attached hydrogen (secondary N) is 2. The predicted molar refractivity (Wildman–Crippen MR) is 129 cm³/mol. The molecule has 4 aromatic carbocycles. The van der Waals surface area contributed by atoms with E-state index in [2.05, 4.69) is 10.6 Å². The fourth-order valence-electron chi connectivity index (χ4n) is 3.93. The van der Waals surface area contributed by atoms with Crippen LogP contribution < -0.4 is 20.3 Å². The summed E-state index contributed by atoms with van der Waals surface area (Å²) in [6.45, 7) is 0. The largest absolute Gasteiger partial charge is 0.497 e. The Morgan fingerprint density at radius 3 is 2.09 bits per heavy atom. The Morgan fingerprint density at radius 2 is 1.41 bits per heavy atom. The summed E-state index contributed by atoms with van der Waals surface area (Å²) < 4.78 is 5.22. The normalized spacial score (nSPS) is 15.0. The average molecular weight is 422 g/mol. The van der Waals surface area contributed by atoms with Gasteiger partial charge in [-0.15, -0.1) is 0 Å². The van der Waals surface area contributed by atoms with E-state index in [4.69, 9.17) is 4.74 Å². The molecule has 5 rings (SSSR count). The van der Waals surface area contributed by atoms with Gasteiger partial charge in [-0.2, -0.15) is 0 Å². The van der Waals surface area contributed by atoms with Crippen LogP contribution in [0.1, 0.15) is 22.1 Å². The number of carbonyl (C=O) groups excluding carboxylic acids is 1. The lowest BCUT2D eigenvalue weighted by Gasteiger charge is -2.38. The minimum atomic E-state index is -0.310. The van der Waals surface area contributed by atoms with E-state index in [9.17, 15) is 4.79 Å². The number of benzene rings is 4. The zero-order valence-corrected chi connectivity index (χ0v) is 17.7. The minimum absolute atomic E-state index is 0.0176. The lowest BCUT2D eigenvalue weighted by atomic mass is 10.0. The molecule has 1 amide bonds. The number of hydrogen-bond acceptors (Lipinski definition) is 4. The number of nitrogens with zero attached hydrogens (tertiary/aromatic N) is 1. The van der Waals surface area contributed by atoms with Crippen LogP contribution in [0.2, 0.25) is 0 Å². The van der Waals surface area contributed by atoms with Crippen LogP contribution in [0.25, 0.3) is 0 Å². The Kier molecular flexibility index (Phi) is 5.22. The molecule has 0 bridgehead atoms. The third-order valence-electron chi connectivity index (χ3n) is 5.57. The second-order valence-electron chi connectivity index (χ2n) is 7.58. The van der Waals surface area contributed by atoms with Crippen LogP contribution >= 0.6 is 0 Å². The molecule has 0 aromatic heterocycles. The van der Waals surface area contributed by atoms with Crippen LogP contribution in [-0.2, 0) is 0 Å². The number of fused-ring (bicyclic) bond motifs is 1. The highest BCUT2D eigenvalue weighted by Gasteiger charge is 2.33. The third kappa shape index (κ3) is 3.76. The monoisotopic (exact) mass is 421 g/mol. The number of carbonyl (C=O) groups is 1. The predicted octanol–water partition coefficient (Wildman–Crippen LogP) is 6.21. The number of methoxy groups -OCH3 is 1. The Morgan fingerprint density at radius 1 is 0.781 bits per heavy atom. The van der Waals surface area contributed by atoms with Gasteiger partial charge in [0.05, 0.1) is 12.7 Å². The zero-order valence-electron chi connectivity index (χ0n) is 17.7. The van der Waals surface area contributed by atoms with E-state index >= 15 is 0 Å². The van der Waals surface area contributed by atoms with Crippen molar-refractivity contribution in [2.24, 2.45) is 0 Å². The smallest absolute Gasteiger partial charge is 0.262 e. The SMILES string of the molecule is COc1ccc(Nc2ccc(C3Nc4ccccc4C(=O)N3c3ccccc3)cc2)cc1. The highest BCUT2D eigenvalue weighted by Crippen LogP contribution is 2.36. The molecule has 158 valence electrons. The molecular formula is C27H23N3O2. The van der Waals surface area contributed by atoms with Gasteiger partial charge in [0.1, 0.15) is 11.9 Å². The maximum atomic E-state index is 13.4. The first-order chi connectivity index (χ1) is 15.7.